The molecule has 0 amide bonds. The summed E-state index contributed by atoms with van der Waals surface area (Å²) in [5.74, 6) is -3.32. The molecule has 0 aliphatic rings. The maximum Gasteiger partial charge on any atom is 0.453 e. The summed E-state index contributed by atoms with van der Waals surface area (Å²) in [4.78, 5) is 25.7. The van der Waals surface area contributed by atoms with Crippen molar-refractivity contribution in [3.05, 3.63) is 124 Å². The second-order valence-corrected chi connectivity index (χ2v) is 8.93. The van der Waals surface area contributed by atoms with Gasteiger partial charge in [0, 0.05) is 6.07 Å². The minimum Gasteiger partial charge on any atom is -0.449 e. The van der Waals surface area contributed by atoms with Crippen LogP contribution in [0.3, 0.4) is 0 Å². The minimum absolute atomic E-state index is 0.0331. The molecule has 0 aliphatic carbocycles. The molecular weight excluding hydrogens is 509 g/mol. The number of esters is 1. The fourth-order valence-electron chi connectivity index (χ4n) is 4.00. The van der Waals surface area contributed by atoms with Crippen LogP contribution in [0.2, 0.25) is 0 Å². The molecule has 0 spiro atoms. The summed E-state index contributed by atoms with van der Waals surface area (Å²) >= 11 is 0. The largest absolute Gasteiger partial charge is 0.453 e. The van der Waals surface area contributed by atoms with Crippen molar-refractivity contribution in [3.8, 4) is 28.4 Å². The van der Waals surface area contributed by atoms with Crippen molar-refractivity contribution in [2.45, 2.75) is 20.0 Å². The minimum atomic E-state index is -5.03. The van der Waals surface area contributed by atoms with Gasteiger partial charge in [-0.05, 0) is 72.5 Å². The summed E-state index contributed by atoms with van der Waals surface area (Å²) in [7, 11) is 0. The summed E-state index contributed by atoms with van der Waals surface area (Å²) in [6.07, 6.45) is -5.03. The maximum absolute atomic E-state index is 13.9. The predicted octanol–water partition coefficient (Wildman–Crippen LogP) is 8.11. The van der Waals surface area contributed by atoms with E-state index in [1.807, 2.05) is 44.2 Å². The van der Waals surface area contributed by atoms with Crippen LogP contribution < -0.4 is 14.9 Å². The van der Waals surface area contributed by atoms with Crippen LogP contribution in [-0.4, -0.2) is 5.97 Å². The van der Waals surface area contributed by atoms with Crippen molar-refractivity contribution in [1.29, 1.82) is 0 Å². The van der Waals surface area contributed by atoms with Crippen LogP contribution in [0.15, 0.2) is 100 Å². The van der Waals surface area contributed by atoms with Crippen LogP contribution >= 0.6 is 0 Å². The van der Waals surface area contributed by atoms with Crippen LogP contribution in [0.1, 0.15) is 27.2 Å². The van der Waals surface area contributed by atoms with Gasteiger partial charge in [-0.1, -0.05) is 48.5 Å². The molecule has 1 heterocycles. The highest BCUT2D eigenvalue weighted by Gasteiger charge is 2.40. The average molecular weight is 530 g/mol. The molecule has 5 nitrogen and oxygen atoms in total. The Morgan fingerprint density at radius 3 is 2.10 bits per heavy atom. The van der Waals surface area contributed by atoms with Gasteiger partial charge in [-0.3, -0.25) is 4.79 Å². The number of ether oxygens (including phenoxy) is 2. The number of carbonyl (C=O) groups excluding carboxylic acids is 1. The number of carbonyl (C=O) groups is 1. The molecule has 5 rings (SSSR count). The van der Waals surface area contributed by atoms with Gasteiger partial charge in [-0.15, -0.1) is 0 Å². The second kappa shape index (κ2) is 10.1. The molecule has 4 aromatic carbocycles. The quantitative estimate of drug-likeness (QED) is 0.170. The number of rotatable bonds is 5. The number of aryl methyl sites for hydroxylation is 2. The number of hydrogen-bond acceptors (Lipinski definition) is 5. The van der Waals surface area contributed by atoms with E-state index in [1.54, 1.807) is 30.3 Å². The molecule has 8 heteroatoms. The molecule has 0 saturated carbocycles. The number of fused-ring (bicyclic) bond motifs is 1. The van der Waals surface area contributed by atoms with E-state index in [1.165, 1.54) is 24.3 Å². The highest BCUT2D eigenvalue weighted by molar-refractivity contribution is 5.92. The van der Waals surface area contributed by atoms with Crippen LogP contribution in [-0.2, 0) is 6.18 Å². The summed E-state index contributed by atoms with van der Waals surface area (Å²) in [5, 5.41) is -0.162. The van der Waals surface area contributed by atoms with E-state index in [0.717, 1.165) is 28.3 Å². The lowest BCUT2D eigenvalue weighted by Gasteiger charge is -2.14. The second-order valence-electron chi connectivity index (χ2n) is 8.93. The van der Waals surface area contributed by atoms with E-state index >= 15 is 0 Å². The van der Waals surface area contributed by atoms with E-state index in [-0.39, 0.29) is 22.4 Å². The van der Waals surface area contributed by atoms with Crippen molar-refractivity contribution in [1.82, 2.24) is 0 Å². The lowest BCUT2D eigenvalue weighted by atomic mass is 10.1. The standard InChI is InChI=1S/C31H21F3O5/c1-18-8-9-22(16-19(18)2)30(36)38-24-14-15-25-26(17-24)39-29(31(32,33)34)28(27(25)35)37-23-12-10-21(11-13-23)20-6-4-3-5-7-20/h3-17H,1-2H3. The van der Waals surface area contributed by atoms with Gasteiger partial charge in [0.25, 0.3) is 5.76 Å². The average Bonchev–Trinajstić information content (AvgIpc) is 2.92. The maximum atomic E-state index is 13.9. The van der Waals surface area contributed by atoms with Gasteiger partial charge in [-0.25, -0.2) is 4.79 Å². The molecule has 1 aromatic heterocycles. The predicted molar refractivity (Wildman–Crippen MR) is 140 cm³/mol. The molecule has 0 saturated heterocycles. The molecule has 0 atom stereocenters. The first-order valence-corrected chi connectivity index (χ1v) is 11.9. The lowest BCUT2D eigenvalue weighted by molar-refractivity contribution is -0.154. The van der Waals surface area contributed by atoms with E-state index in [4.69, 9.17) is 13.9 Å². The van der Waals surface area contributed by atoms with E-state index in [2.05, 4.69) is 0 Å². The highest BCUT2D eigenvalue weighted by Crippen LogP contribution is 2.39. The molecule has 0 bridgehead atoms. The van der Waals surface area contributed by atoms with Gasteiger partial charge < -0.3 is 13.9 Å². The summed E-state index contributed by atoms with van der Waals surface area (Å²) < 4.78 is 57.7. The van der Waals surface area contributed by atoms with Gasteiger partial charge in [0.2, 0.25) is 11.2 Å². The van der Waals surface area contributed by atoms with Gasteiger partial charge in [0.15, 0.2) is 0 Å². The highest BCUT2D eigenvalue weighted by atomic mass is 19.4. The van der Waals surface area contributed by atoms with E-state index in [9.17, 15) is 22.8 Å². The smallest absolute Gasteiger partial charge is 0.449 e. The Morgan fingerprint density at radius 2 is 1.44 bits per heavy atom. The normalized spacial score (nSPS) is 11.4. The lowest BCUT2D eigenvalue weighted by Crippen LogP contribution is -2.15. The third-order valence-electron chi connectivity index (χ3n) is 6.21. The summed E-state index contributed by atoms with van der Waals surface area (Å²) in [6.45, 7) is 3.73. The number of alkyl halides is 3. The SMILES string of the molecule is Cc1ccc(C(=O)Oc2ccc3c(=O)c(Oc4ccc(-c5ccccc5)cc4)c(C(F)(F)F)oc3c2)cc1C. The van der Waals surface area contributed by atoms with Crippen molar-refractivity contribution in [2.75, 3.05) is 0 Å². The Balaban J connectivity index is 1.48. The van der Waals surface area contributed by atoms with Crippen molar-refractivity contribution in [3.63, 3.8) is 0 Å². The monoisotopic (exact) mass is 530 g/mol. The van der Waals surface area contributed by atoms with Crippen molar-refractivity contribution >= 4 is 16.9 Å². The van der Waals surface area contributed by atoms with Crippen LogP contribution in [0.5, 0.6) is 17.2 Å². The molecular formula is C31H21F3O5. The number of hydrogen-bond donors (Lipinski definition) is 0. The Bertz CT molecular complexity index is 1740. The molecule has 0 fully saturated rings. The molecule has 0 unspecified atom stereocenters. The van der Waals surface area contributed by atoms with Crippen molar-refractivity contribution in [2.24, 2.45) is 0 Å². The Kier molecular flexibility index (Phi) is 6.70. The van der Waals surface area contributed by atoms with Crippen molar-refractivity contribution < 1.29 is 31.9 Å². The topological polar surface area (TPSA) is 65.7 Å². The van der Waals surface area contributed by atoms with Crippen LogP contribution in [0.4, 0.5) is 13.2 Å². The van der Waals surface area contributed by atoms with E-state index in [0.29, 0.717) is 0 Å². The van der Waals surface area contributed by atoms with E-state index < -0.39 is 34.7 Å². The Labute approximate surface area is 221 Å². The Morgan fingerprint density at radius 1 is 0.769 bits per heavy atom. The van der Waals surface area contributed by atoms with Gasteiger partial charge in [-0.2, -0.15) is 13.2 Å². The molecule has 39 heavy (non-hydrogen) atoms. The number of halogens is 3. The van der Waals surface area contributed by atoms with Crippen LogP contribution in [0, 0.1) is 13.8 Å². The Hall–Kier alpha value is -4.85. The number of benzene rings is 4. The molecule has 0 N–H and O–H groups in total. The zero-order valence-corrected chi connectivity index (χ0v) is 20.8. The zero-order chi connectivity index (χ0) is 27.7. The molecule has 0 aliphatic heterocycles. The third-order valence-corrected chi connectivity index (χ3v) is 6.21. The zero-order valence-electron chi connectivity index (χ0n) is 20.8. The molecule has 196 valence electrons. The third kappa shape index (κ3) is 5.40. The fourth-order valence-corrected chi connectivity index (χ4v) is 4.00. The molecule has 0 radical (unpaired) electrons. The first-order chi connectivity index (χ1) is 18.6. The van der Waals surface area contributed by atoms with Gasteiger partial charge in [0.1, 0.15) is 17.1 Å². The van der Waals surface area contributed by atoms with Gasteiger partial charge in [0.05, 0.1) is 10.9 Å². The van der Waals surface area contributed by atoms with Gasteiger partial charge >= 0.3 is 12.1 Å². The first-order valence-electron chi connectivity index (χ1n) is 11.9. The first kappa shape index (κ1) is 25.8. The van der Waals surface area contributed by atoms with Crippen LogP contribution in [0.25, 0.3) is 22.1 Å². The summed E-state index contributed by atoms with van der Waals surface area (Å²) in [5.41, 5.74) is 2.48. The molecule has 5 aromatic rings. The fraction of sp³-hybridized carbons (Fsp3) is 0.0968. The summed E-state index contributed by atoms with van der Waals surface area (Å²) in [6, 6.07) is 24.3.